The molecular weight excluding hydrogens is 336 g/mol. The van der Waals surface area contributed by atoms with Crippen molar-refractivity contribution in [1.29, 1.82) is 0 Å². The van der Waals surface area contributed by atoms with Crippen LogP contribution in [-0.2, 0) is 11.3 Å². The Labute approximate surface area is 150 Å². The fraction of sp³-hybridized carbons (Fsp3) is 0.222. The van der Waals surface area contributed by atoms with Crippen LogP contribution in [0, 0.1) is 6.92 Å². The Bertz CT molecular complexity index is 834. The number of benzene rings is 1. The summed E-state index contributed by atoms with van der Waals surface area (Å²) in [5.41, 5.74) is 3.06. The van der Waals surface area contributed by atoms with Crippen molar-refractivity contribution < 1.29 is 9.21 Å². The van der Waals surface area contributed by atoms with Gasteiger partial charge in [-0.2, -0.15) is 0 Å². The molecule has 1 aromatic carbocycles. The Morgan fingerprint density at radius 2 is 1.88 bits per heavy atom. The summed E-state index contributed by atoms with van der Waals surface area (Å²) in [6.45, 7) is 4.34. The molecule has 3 aromatic rings. The van der Waals surface area contributed by atoms with Gasteiger partial charge in [0, 0.05) is 24.5 Å². The number of nitrogens with zero attached hydrogens (tertiary/aromatic N) is 3. The van der Waals surface area contributed by atoms with Gasteiger partial charge < -0.3 is 9.73 Å². The number of carbonyl (C=O) groups is 1. The van der Waals surface area contributed by atoms with Crippen molar-refractivity contribution in [2.75, 3.05) is 0 Å². The average molecular weight is 354 g/mol. The number of aromatic nitrogens is 3. The molecule has 0 aliphatic rings. The van der Waals surface area contributed by atoms with Crippen LogP contribution in [0.5, 0.6) is 0 Å². The predicted molar refractivity (Wildman–Crippen MR) is 95.9 cm³/mol. The lowest BCUT2D eigenvalue weighted by atomic mass is 10.1. The molecule has 2 aromatic heterocycles. The molecule has 0 aliphatic carbocycles. The number of hydrogen-bond donors (Lipinski definition) is 1. The second kappa shape index (κ2) is 7.94. The fourth-order valence-electron chi connectivity index (χ4n) is 2.11. The van der Waals surface area contributed by atoms with Gasteiger partial charge in [-0.3, -0.25) is 9.78 Å². The molecule has 6 nitrogen and oxygen atoms in total. The normalized spacial score (nSPS) is 11.9. The zero-order valence-electron chi connectivity index (χ0n) is 14.0. The first-order valence-electron chi connectivity index (χ1n) is 7.85. The minimum Gasteiger partial charge on any atom is -0.411 e. The molecular formula is C18H18N4O2S. The topological polar surface area (TPSA) is 80.9 Å². The summed E-state index contributed by atoms with van der Waals surface area (Å²) >= 11 is 1.24. The van der Waals surface area contributed by atoms with E-state index >= 15 is 0 Å². The molecule has 0 radical (unpaired) electrons. The SMILES string of the molecule is Cc1ccc(CNC(=O)[C@@H](C)Sc2nnc(-c3ccncc3)o2)cc1. The molecule has 0 unspecified atom stereocenters. The molecule has 0 aliphatic heterocycles. The molecule has 1 N–H and O–H groups in total. The van der Waals surface area contributed by atoms with Crippen LogP contribution in [0.3, 0.4) is 0 Å². The second-order valence-corrected chi connectivity index (χ2v) is 6.86. The van der Waals surface area contributed by atoms with Gasteiger partial charge in [0.05, 0.1) is 5.25 Å². The number of thioether (sulfide) groups is 1. The predicted octanol–water partition coefficient (Wildman–Crippen LogP) is 3.24. The molecule has 1 amide bonds. The van der Waals surface area contributed by atoms with Crippen LogP contribution in [0.4, 0.5) is 0 Å². The average Bonchev–Trinajstić information content (AvgIpc) is 3.10. The summed E-state index contributed by atoms with van der Waals surface area (Å²) in [6.07, 6.45) is 3.32. The molecule has 0 saturated heterocycles. The van der Waals surface area contributed by atoms with E-state index in [-0.39, 0.29) is 11.2 Å². The van der Waals surface area contributed by atoms with E-state index in [1.54, 1.807) is 24.5 Å². The van der Waals surface area contributed by atoms with Crippen molar-refractivity contribution in [3.63, 3.8) is 0 Å². The molecule has 7 heteroatoms. The highest BCUT2D eigenvalue weighted by atomic mass is 32.2. The number of hydrogen-bond acceptors (Lipinski definition) is 6. The molecule has 25 heavy (non-hydrogen) atoms. The Morgan fingerprint density at radius 3 is 2.60 bits per heavy atom. The largest absolute Gasteiger partial charge is 0.411 e. The van der Waals surface area contributed by atoms with Crippen molar-refractivity contribution in [3.05, 3.63) is 59.9 Å². The van der Waals surface area contributed by atoms with Gasteiger partial charge in [-0.15, -0.1) is 10.2 Å². The Hall–Kier alpha value is -2.67. The van der Waals surface area contributed by atoms with Crippen LogP contribution in [0.15, 0.2) is 58.4 Å². The standard InChI is InChI=1S/C18H18N4O2S/c1-12-3-5-14(6-4-12)11-20-16(23)13(2)25-18-22-21-17(24-18)15-7-9-19-10-8-15/h3-10,13H,11H2,1-2H3,(H,20,23)/t13-/m1/s1. The number of pyridine rings is 1. The van der Waals surface area contributed by atoms with Crippen LogP contribution in [-0.4, -0.2) is 26.3 Å². The Balaban J connectivity index is 1.54. The highest BCUT2D eigenvalue weighted by molar-refractivity contribution is 8.00. The van der Waals surface area contributed by atoms with Crippen molar-refractivity contribution in [2.24, 2.45) is 0 Å². The minimum absolute atomic E-state index is 0.0748. The van der Waals surface area contributed by atoms with E-state index in [4.69, 9.17) is 4.42 Å². The third kappa shape index (κ3) is 4.67. The van der Waals surface area contributed by atoms with E-state index in [1.807, 2.05) is 38.1 Å². The smallest absolute Gasteiger partial charge is 0.277 e. The molecule has 2 heterocycles. The number of aryl methyl sites for hydroxylation is 1. The third-order valence-electron chi connectivity index (χ3n) is 3.57. The first-order chi connectivity index (χ1) is 12.1. The van der Waals surface area contributed by atoms with Crippen LogP contribution in [0.1, 0.15) is 18.1 Å². The number of nitrogens with one attached hydrogen (secondary N) is 1. The lowest BCUT2D eigenvalue weighted by molar-refractivity contribution is -0.120. The Kier molecular flexibility index (Phi) is 5.45. The summed E-state index contributed by atoms with van der Waals surface area (Å²) in [4.78, 5) is 16.2. The van der Waals surface area contributed by atoms with Gasteiger partial charge in [-0.1, -0.05) is 41.6 Å². The van der Waals surface area contributed by atoms with Gasteiger partial charge >= 0.3 is 0 Å². The lowest BCUT2D eigenvalue weighted by Crippen LogP contribution is -2.30. The second-order valence-electron chi connectivity index (χ2n) is 5.57. The van der Waals surface area contributed by atoms with E-state index in [2.05, 4.69) is 20.5 Å². The zero-order valence-corrected chi connectivity index (χ0v) is 14.8. The van der Waals surface area contributed by atoms with E-state index in [9.17, 15) is 4.79 Å². The van der Waals surface area contributed by atoms with Crippen LogP contribution in [0.25, 0.3) is 11.5 Å². The zero-order chi connectivity index (χ0) is 17.6. The molecule has 0 fully saturated rings. The highest BCUT2D eigenvalue weighted by Gasteiger charge is 2.18. The van der Waals surface area contributed by atoms with E-state index < -0.39 is 0 Å². The maximum absolute atomic E-state index is 12.2. The summed E-state index contributed by atoms with van der Waals surface area (Å²) in [6, 6.07) is 11.6. The van der Waals surface area contributed by atoms with Gasteiger partial charge in [0.15, 0.2) is 0 Å². The quantitative estimate of drug-likeness (QED) is 0.685. The summed E-state index contributed by atoms with van der Waals surface area (Å²) in [5, 5.41) is 10.9. The first kappa shape index (κ1) is 17.2. The molecule has 0 bridgehead atoms. The van der Waals surface area contributed by atoms with E-state index in [0.717, 1.165) is 11.1 Å². The van der Waals surface area contributed by atoms with Crippen LogP contribution in [0.2, 0.25) is 0 Å². The van der Waals surface area contributed by atoms with E-state index in [1.165, 1.54) is 17.3 Å². The van der Waals surface area contributed by atoms with Crippen molar-refractivity contribution >= 4 is 17.7 Å². The lowest BCUT2D eigenvalue weighted by Gasteiger charge is -2.10. The molecule has 128 valence electrons. The van der Waals surface area contributed by atoms with Gasteiger partial charge in [-0.05, 0) is 31.5 Å². The number of rotatable bonds is 6. The molecule has 0 spiro atoms. The van der Waals surface area contributed by atoms with Crippen LogP contribution < -0.4 is 5.32 Å². The monoisotopic (exact) mass is 354 g/mol. The van der Waals surface area contributed by atoms with Crippen LogP contribution >= 0.6 is 11.8 Å². The van der Waals surface area contributed by atoms with Gasteiger partial charge in [0.25, 0.3) is 5.22 Å². The fourth-order valence-corrected chi connectivity index (χ4v) is 2.82. The third-order valence-corrected chi connectivity index (χ3v) is 4.50. The molecule has 3 rings (SSSR count). The molecule has 0 saturated carbocycles. The van der Waals surface area contributed by atoms with Gasteiger partial charge in [0.2, 0.25) is 11.8 Å². The highest BCUT2D eigenvalue weighted by Crippen LogP contribution is 2.25. The maximum atomic E-state index is 12.2. The van der Waals surface area contributed by atoms with Crippen molar-refractivity contribution in [1.82, 2.24) is 20.5 Å². The van der Waals surface area contributed by atoms with E-state index in [0.29, 0.717) is 17.7 Å². The summed E-state index contributed by atoms with van der Waals surface area (Å²) in [7, 11) is 0. The van der Waals surface area contributed by atoms with Gasteiger partial charge in [0.1, 0.15) is 0 Å². The van der Waals surface area contributed by atoms with Crippen molar-refractivity contribution in [2.45, 2.75) is 30.9 Å². The number of carbonyl (C=O) groups excluding carboxylic acids is 1. The minimum atomic E-state index is -0.337. The summed E-state index contributed by atoms with van der Waals surface area (Å²) in [5.74, 6) is 0.339. The Morgan fingerprint density at radius 1 is 1.16 bits per heavy atom. The van der Waals surface area contributed by atoms with Crippen molar-refractivity contribution in [3.8, 4) is 11.5 Å². The first-order valence-corrected chi connectivity index (χ1v) is 8.73. The summed E-state index contributed by atoms with van der Waals surface area (Å²) < 4.78 is 5.60. The molecule has 1 atom stereocenters. The maximum Gasteiger partial charge on any atom is 0.277 e. The van der Waals surface area contributed by atoms with Gasteiger partial charge in [-0.25, -0.2) is 0 Å². The number of amides is 1.